The van der Waals surface area contributed by atoms with Crippen LogP contribution in [-0.2, 0) is 4.79 Å². The molecule has 0 spiro atoms. The number of carbonyl (C=O) groups is 1. The molecule has 0 aromatic heterocycles. The number of amides is 1. The van der Waals surface area contributed by atoms with Crippen LogP contribution < -0.4 is 10.1 Å². The molecule has 1 amide bonds. The highest BCUT2D eigenvalue weighted by Crippen LogP contribution is 2.30. The topological polar surface area (TPSA) is 38.3 Å². The van der Waals surface area contributed by atoms with Gasteiger partial charge in [0.2, 0.25) is 5.91 Å². The number of halogens is 1. The van der Waals surface area contributed by atoms with Crippen LogP contribution in [0.15, 0.2) is 18.2 Å². The lowest BCUT2D eigenvalue weighted by Gasteiger charge is -2.26. The summed E-state index contributed by atoms with van der Waals surface area (Å²) in [6.45, 7) is 8.47. The fourth-order valence-electron chi connectivity index (χ4n) is 1.51. The van der Waals surface area contributed by atoms with Gasteiger partial charge < -0.3 is 10.1 Å². The van der Waals surface area contributed by atoms with Crippen molar-refractivity contribution in [2.75, 3.05) is 12.4 Å². The third-order valence-corrected chi connectivity index (χ3v) is 3.73. The third kappa shape index (κ3) is 4.75. The minimum atomic E-state index is -0.0190. The number of nitrogens with one attached hydrogen (secondary N) is 1. The molecule has 4 heteroatoms. The van der Waals surface area contributed by atoms with Crippen LogP contribution in [0.3, 0.4) is 0 Å². The number of hydrogen-bond acceptors (Lipinski definition) is 2. The quantitative estimate of drug-likeness (QED) is 0.891. The normalized spacial score (nSPS) is 12.9. The molecule has 1 rings (SSSR count). The molecule has 0 saturated carbocycles. The second-order valence-corrected chi connectivity index (χ2v) is 6.27. The molecule has 0 heterocycles. The van der Waals surface area contributed by atoms with Gasteiger partial charge in [-0.3, -0.25) is 4.79 Å². The van der Waals surface area contributed by atoms with E-state index in [1.54, 1.807) is 25.3 Å². The first-order valence-corrected chi connectivity index (χ1v) is 6.75. The van der Waals surface area contributed by atoms with E-state index >= 15 is 0 Å². The van der Waals surface area contributed by atoms with E-state index in [0.717, 1.165) is 0 Å². The maximum atomic E-state index is 12.0. The number of ether oxygens (including phenoxy) is 1. The van der Waals surface area contributed by atoms with Crippen LogP contribution in [0.5, 0.6) is 5.75 Å². The van der Waals surface area contributed by atoms with Gasteiger partial charge in [0.1, 0.15) is 5.75 Å². The van der Waals surface area contributed by atoms with Crippen LogP contribution in [0, 0.1) is 11.3 Å². The number of hydrogen-bond donors (Lipinski definition) is 1. The van der Waals surface area contributed by atoms with E-state index < -0.39 is 0 Å². The summed E-state index contributed by atoms with van der Waals surface area (Å²) in [6.07, 6.45) is 0.478. The van der Waals surface area contributed by atoms with Gasteiger partial charge in [-0.1, -0.05) is 39.3 Å². The Hall–Kier alpha value is -1.22. The third-order valence-electron chi connectivity index (χ3n) is 3.42. The van der Waals surface area contributed by atoms with Crippen molar-refractivity contribution in [1.82, 2.24) is 0 Å². The molecule has 0 bridgehead atoms. The van der Waals surface area contributed by atoms with Crippen molar-refractivity contribution in [3.8, 4) is 5.75 Å². The van der Waals surface area contributed by atoms with Gasteiger partial charge in [0.15, 0.2) is 0 Å². The summed E-state index contributed by atoms with van der Waals surface area (Å²) in [5.41, 5.74) is 0.731. The van der Waals surface area contributed by atoms with Crippen molar-refractivity contribution in [2.45, 2.75) is 34.1 Å². The van der Waals surface area contributed by atoms with Crippen LogP contribution >= 0.6 is 11.6 Å². The van der Waals surface area contributed by atoms with Gasteiger partial charge >= 0.3 is 0 Å². The molecule has 0 aliphatic heterocycles. The summed E-state index contributed by atoms with van der Waals surface area (Å²) < 4.78 is 5.07. The van der Waals surface area contributed by atoms with Crippen molar-refractivity contribution in [3.05, 3.63) is 23.2 Å². The zero-order valence-electron chi connectivity index (χ0n) is 12.2. The van der Waals surface area contributed by atoms with E-state index in [0.29, 0.717) is 28.8 Å². The van der Waals surface area contributed by atoms with Gasteiger partial charge in [-0.2, -0.15) is 0 Å². The lowest BCUT2D eigenvalue weighted by Crippen LogP contribution is -2.24. The average molecular weight is 284 g/mol. The first kappa shape index (κ1) is 15.8. The molecule has 1 unspecified atom stereocenters. The molecule has 1 aromatic rings. The van der Waals surface area contributed by atoms with E-state index in [9.17, 15) is 4.79 Å². The molecular weight excluding hydrogens is 262 g/mol. The van der Waals surface area contributed by atoms with Crippen molar-refractivity contribution in [3.63, 3.8) is 0 Å². The van der Waals surface area contributed by atoms with Crippen molar-refractivity contribution < 1.29 is 9.53 Å². The van der Waals surface area contributed by atoms with Crippen LogP contribution in [0.4, 0.5) is 5.69 Å². The smallest absolute Gasteiger partial charge is 0.224 e. The maximum absolute atomic E-state index is 12.0. The molecular formula is C15H22ClNO2. The fraction of sp³-hybridized carbons (Fsp3) is 0.533. The molecule has 0 saturated heterocycles. The van der Waals surface area contributed by atoms with Crippen molar-refractivity contribution in [2.24, 2.45) is 11.3 Å². The molecule has 0 aliphatic carbocycles. The van der Waals surface area contributed by atoms with E-state index in [4.69, 9.17) is 16.3 Å². The monoisotopic (exact) mass is 283 g/mol. The minimum absolute atomic E-state index is 0.0190. The van der Waals surface area contributed by atoms with Gasteiger partial charge in [-0.25, -0.2) is 0 Å². The maximum Gasteiger partial charge on any atom is 0.224 e. The minimum Gasteiger partial charge on any atom is -0.497 e. The summed E-state index contributed by atoms with van der Waals surface area (Å²) in [5.74, 6) is 0.949. The standard InChI is InChI=1S/C15H22ClNO2/c1-10(15(2,3)4)8-14(18)17-13-7-6-11(19-5)9-12(13)16/h6-7,9-10H,8H2,1-5H3,(H,17,18). The Morgan fingerprint density at radius 2 is 2.05 bits per heavy atom. The first-order valence-electron chi connectivity index (χ1n) is 6.37. The number of rotatable bonds is 4. The molecule has 106 valence electrons. The zero-order valence-corrected chi connectivity index (χ0v) is 13.0. The van der Waals surface area contributed by atoms with Gasteiger partial charge in [-0.15, -0.1) is 0 Å². The van der Waals surface area contributed by atoms with Crippen LogP contribution in [-0.4, -0.2) is 13.0 Å². The lowest BCUT2D eigenvalue weighted by atomic mass is 9.80. The van der Waals surface area contributed by atoms with Crippen molar-refractivity contribution in [1.29, 1.82) is 0 Å². The number of carbonyl (C=O) groups excluding carboxylic acids is 1. The Morgan fingerprint density at radius 3 is 2.53 bits per heavy atom. The Bertz CT molecular complexity index is 452. The molecule has 19 heavy (non-hydrogen) atoms. The Balaban J connectivity index is 2.67. The summed E-state index contributed by atoms with van der Waals surface area (Å²) in [6, 6.07) is 5.21. The van der Waals surface area contributed by atoms with E-state index in [1.165, 1.54) is 0 Å². The first-order chi connectivity index (χ1) is 8.74. The van der Waals surface area contributed by atoms with Crippen LogP contribution in [0.25, 0.3) is 0 Å². The predicted molar refractivity (Wildman–Crippen MR) is 79.9 cm³/mol. The summed E-state index contributed by atoms with van der Waals surface area (Å²) in [4.78, 5) is 12.0. The molecule has 0 aliphatic rings. The van der Waals surface area contributed by atoms with Crippen LogP contribution in [0.1, 0.15) is 34.1 Å². The molecule has 1 atom stereocenters. The number of anilines is 1. The summed E-state index contributed by atoms with van der Waals surface area (Å²) in [5, 5.41) is 3.32. The number of methoxy groups -OCH3 is 1. The van der Waals surface area contributed by atoms with Gasteiger partial charge in [0.05, 0.1) is 17.8 Å². The zero-order chi connectivity index (χ0) is 14.6. The number of benzene rings is 1. The van der Waals surface area contributed by atoms with E-state index in [2.05, 4.69) is 33.0 Å². The van der Waals surface area contributed by atoms with E-state index in [1.807, 2.05) is 0 Å². The predicted octanol–water partition coefficient (Wildman–Crippen LogP) is 4.36. The fourth-order valence-corrected chi connectivity index (χ4v) is 1.73. The molecule has 3 nitrogen and oxygen atoms in total. The second kappa shape index (κ2) is 6.29. The highest BCUT2D eigenvalue weighted by molar-refractivity contribution is 6.33. The Morgan fingerprint density at radius 1 is 1.42 bits per heavy atom. The van der Waals surface area contributed by atoms with Crippen molar-refractivity contribution >= 4 is 23.2 Å². The Kier molecular flexibility index (Phi) is 5.24. The average Bonchev–Trinajstić information content (AvgIpc) is 2.30. The SMILES string of the molecule is COc1ccc(NC(=O)CC(C)C(C)(C)C)c(Cl)c1. The Labute approximate surface area is 120 Å². The highest BCUT2D eigenvalue weighted by atomic mass is 35.5. The largest absolute Gasteiger partial charge is 0.497 e. The van der Waals surface area contributed by atoms with Gasteiger partial charge in [-0.05, 0) is 23.5 Å². The highest BCUT2D eigenvalue weighted by Gasteiger charge is 2.22. The summed E-state index contributed by atoms with van der Waals surface area (Å²) >= 11 is 6.08. The van der Waals surface area contributed by atoms with Gasteiger partial charge in [0.25, 0.3) is 0 Å². The van der Waals surface area contributed by atoms with Gasteiger partial charge in [0, 0.05) is 12.5 Å². The molecule has 0 radical (unpaired) electrons. The summed E-state index contributed by atoms with van der Waals surface area (Å²) in [7, 11) is 1.58. The molecule has 1 aromatic carbocycles. The van der Waals surface area contributed by atoms with E-state index in [-0.39, 0.29) is 11.3 Å². The molecule has 1 N–H and O–H groups in total. The molecule has 0 fully saturated rings. The second-order valence-electron chi connectivity index (χ2n) is 5.87. The lowest BCUT2D eigenvalue weighted by molar-refractivity contribution is -0.117. The van der Waals surface area contributed by atoms with Crippen LogP contribution in [0.2, 0.25) is 5.02 Å².